The molecule has 6 heteroatoms. The second kappa shape index (κ2) is 7.24. The fourth-order valence-electron chi connectivity index (χ4n) is 1.46. The lowest BCUT2D eigenvalue weighted by atomic mass is 10.3. The fourth-order valence-corrected chi connectivity index (χ4v) is 2.72. The van der Waals surface area contributed by atoms with Crippen molar-refractivity contribution in [2.75, 3.05) is 20.2 Å². The van der Waals surface area contributed by atoms with Crippen LogP contribution in [0.4, 0.5) is 0 Å². The number of hydrogen-bond acceptors (Lipinski definition) is 4. The first-order valence-electron chi connectivity index (χ1n) is 6.03. The third-order valence-electron chi connectivity index (χ3n) is 2.43. The first kappa shape index (κ1) is 15.6. The van der Waals surface area contributed by atoms with Gasteiger partial charge in [-0.3, -0.25) is 4.98 Å². The molecule has 1 heterocycles. The first-order valence-corrected chi connectivity index (χ1v) is 7.47. The van der Waals surface area contributed by atoms with E-state index in [0.717, 1.165) is 6.42 Å². The third-order valence-corrected chi connectivity index (χ3v) is 4.25. The summed E-state index contributed by atoms with van der Waals surface area (Å²) in [5.41, 5.74) is 0.527. The van der Waals surface area contributed by atoms with Crippen molar-refractivity contribution in [3.8, 4) is 11.8 Å². The molecule has 0 unspecified atom stereocenters. The van der Waals surface area contributed by atoms with Crippen LogP contribution in [-0.4, -0.2) is 43.0 Å². The van der Waals surface area contributed by atoms with Gasteiger partial charge in [-0.05, 0) is 12.5 Å². The van der Waals surface area contributed by atoms with E-state index < -0.39 is 10.0 Å². The first-order chi connectivity index (χ1) is 9.02. The van der Waals surface area contributed by atoms with Crippen LogP contribution < -0.4 is 0 Å². The zero-order valence-electron chi connectivity index (χ0n) is 11.1. The molecule has 0 saturated heterocycles. The van der Waals surface area contributed by atoms with Crippen molar-refractivity contribution >= 4 is 10.0 Å². The van der Waals surface area contributed by atoms with Crippen molar-refractivity contribution in [3.05, 3.63) is 24.0 Å². The van der Waals surface area contributed by atoms with Crippen molar-refractivity contribution in [1.82, 2.24) is 9.29 Å². The van der Waals surface area contributed by atoms with E-state index in [1.165, 1.54) is 22.8 Å². The summed E-state index contributed by atoms with van der Waals surface area (Å²) in [6.45, 7) is 2.36. The Morgan fingerprint density at radius 1 is 1.42 bits per heavy atom. The van der Waals surface area contributed by atoms with E-state index in [1.807, 2.05) is 6.92 Å². The number of aliphatic hydroxyl groups is 1. The Kier molecular flexibility index (Phi) is 5.96. The van der Waals surface area contributed by atoms with Crippen LogP contribution in [0.25, 0.3) is 0 Å². The molecule has 1 aromatic rings. The van der Waals surface area contributed by atoms with Crippen molar-refractivity contribution in [1.29, 1.82) is 0 Å². The zero-order valence-corrected chi connectivity index (χ0v) is 11.9. The molecule has 0 radical (unpaired) electrons. The van der Waals surface area contributed by atoms with Gasteiger partial charge in [0.1, 0.15) is 4.90 Å². The second-order valence-electron chi connectivity index (χ2n) is 4.01. The maximum absolute atomic E-state index is 12.2. The van der Waals surface area contributed by atoms with E-state index in [-0.39, 0.29) is 11.5 Å². The van der Waals surface area contributed by atoms with Gasteiger partial charge in [0.15, 0.2) is 0 Å². The molecule has 0 saturated carbocycles. The van der Waals surface area contributed by atoms with Crippen LogP contribution in [0.2, 0.25) is 0 Å². The average Bonchev–Trinajstić information content (AvgIpc) is 2.39. The Balaban J connectivity index is 3.03. The highest BCUT2D eigenvalue weighted by Crippen LogP contribution is 2.14. The van der Waals surface area contributed by atoms with Crippen LogP contribution in [0.5, 0.6) is 0 Å². The molecule has 0 aromatic carbocycles. The summed E-state index contributed by atoms with van der Waals surface area (Å²) in [6, 6.07) is 1.50. The molecule has 0 amide bonds. The van der Waals surface area contributed by atoms with E-state index in [2.05, 4.69) is 16.8 Å². The fraction of sp³-hybridized carbons (Fsp3) is 0.462. The van der Waals surface area contributed by atoms with Gasteiger partial charge in [0.25, 0.3) is 0 Å². The summed E-state index contributed by atoms with van der Waals surface area (Å²) >= 11 is 0. The normalized spacial score (nSPS) is 11.2. The van der Waals surface area contributed by atoms with Crippen molar-refractivity contribution < 1.29 is 13.5 Å². The highest BCUT2D eigenvalue weighted by Gasteiger charge is 2.20. The lowest BCUT2D eigenvalue weighted by Crippen LogP contribution is -2.27. The highest BCUT2D eigenvalue weighted by atomic mass is 32.2. The van der Waals surface area contributed by atoms with Crippen molar-refractivity contribution in [2.45, 2.75) is 24.7 Å². The van der Waals surface area contributed by atoms with Gasteiger partial charge in [-0.2, -0.15) is 0 Å². The summed E-state index contributed by atoms with van der Waals surface area (Å²) in [5, 5.41) is 8.64. The Labute approximate surface area is 114 Å². The maximum atomic E-state index is 12.2. The molecule has 1 rings (SSSR count). The number of hydrogen-bond donors (Lipinski definition) is 1. The van der Waals surface area contributed by atoms with E-state index in [9.17, 15) is 8.42 Å². The molecule has 0 fully saturated rings. The third kappa shape index (κ3) is 4.31. The number of aromatic nitrogens is 1. The Bertz CT molecular complexity index is 573. The van der Waals surface area contributed by atoms with Gasteiger partial charge in [-0.1, -0.05) is 18.8 Å². The molecule has 0 bridgehead atoms. The average molecular weight is 282 g/mol. The zero-order chi connectivity index (χ0) is 14.3. The lowest BCUT2D eigenvalue weighted by molar-refractivity contribution is 0.305. The molecule has 104 valence electrons. The quantitative estimate of drug-likeness (QED) is 0.813. The van der Waals surface area contributed by atoms with Crippen LogP contribution in [0.1, 0.15) is 25.3 Å². The van der Waals surface area contributed by atoms with Crippen molar-refractivity contribution in [2.24, 2.45) is 0 Å². The summed E-state index contributed by atoms with van der Waals surface area (Å²) in [6.07, 6.45) is 3.92. The lowest BCUT2D eigenvalue weighted by Gasteiger charge is -2.15. The number of pyridine rings is 1. The second-order valence-corrected chi connectivity index (χ2v) is 6.06. The molecule has 0 atom stereocenters. The minimum absolute atomic E-state index is 0.0162. The van der Waals surface area contributed by atoms with Gasteiger partial charge < -0.3 is 5.11 Å². The van der Waals surface area contributed by atoms with Crippen molar-refractivity contribution in [3.63, 3.8) is 0 Å². The molecule has 19 heavy (non-hydrogen) atoms. The van der Waals surface area contributed by atoms with Gasteiger partial charge >= 0.3 is 0 Å². The highest BCUT2D eigenvalue weighted by molar-refractivity contribution is 7.89. The van der Waals surface area contributed by atoms with Crippen LogP contribution >= 0.6 is 0 Å². The monoisotopic (exact) mass is 282 g/mol. The Morgan fingerprint density at radius 3 is 2.79 bits per heavy atom. The van der Waals surface area contributed by atoms with E-state index in [4.69, 9.17) is 5.11 Å². The Hall–Kier alpha value is -1.42. The van der Waals surface area contributed by atoms with Gasteiger partial charge in [-0.15, -0.1) is 0 Å². The summed E-state index contributed by atoms with van der Waals surface area (Å²) in [4.78, 5) is 4.04. The maximum Gasteiger partial charge on any atom is 0.244 e. The summed E-state index contributed by atoms with van der Waals surface area (Å²) < 4.78 is 25.7. The van der Waals surface area contributed by atoms with Gasteiger partial charge in [-0.25, -0.2) is 12.7 Å². The molecule has 0 aliphatic heterocycles. The number of nitrogens with zero attached hydrogens (tertiary/aromatic N) is 2. The molecule has 5 nitrogen and oxygen atoms in total. The minimum atomic E-state index is -3.50. The van der Waals surface area contributed by atoms with Gasteiger partial charge in [0.2, 0.25) is 10.0 Å². The van der Waals surface area contributed by atoms with Gasteiger partial charge in [0.05, 0.1) is 6.61 Å². The molecule has 0 aliphatic carbocycles. The minimum Gasteiger partial charge on any atom is -0.395 e. The van der Waals surface area contributed by atoms with Gasteiger partial charge in [0, 0.05) is 38.0 Å². The summed E-state index contributed by atoms with van der Waals surface area (Å²) in [7, 11) is -1.96. The predicted molar refractivity (Wildman–Crippen MR) is 72.9 cm³/mol. The number of aliphatic hydroxyl groups excluding tert-OH is 1. The van der Waals surface area contributed by atoms with Crippen LogP contribution in [0.15, 0.2) is 23.4 Å². The molecule has 0 spiro atoms. The predicted octanol–water partition coefficient (Wildman–Crippen LogP) is 0.846. The molecular weight excluding hydrogens is 264 g/mol. The largest absolute Gasteiger partial charge is 0.395 e. The van der Waals surface area contributed by atoms with Crippen LogP contribution in [-0.2, 0) is 10.0 Å². The molecule has 1 aromatic heterocycles. The topological polar surface area (TPSA) is 70.5 Å². The SMILES string of the molecule is CCCN(C)S(=O)(=O)c1cncc(C#CCCO)c1. The van der Waals surface area contributed by atoms with E-state index >= 15 is 0 Å². The summed E-state index contributed by atoms with van der Waals surface area (Å²) in [5.74, 6) is 5.51. The van der Waals surface area contributed by atoms with E-state index in [1.54, 1.807) is 7.05 Å². The smallest absolute Gasteiger partial charge is 0.244 e. The van der Waals surface area contributed by atoms with Crippen LogP contribution in [0.3, 0.4) is 0 Å². The Morgan fingerprint density at radius 2 is 2.16 bits per heavy atom. The number of sulfonamides is 1. The molecule has 1 N–H and O–H groups in total. The standard InChI is InChI=1S/C13H18N2O3S/c1-3-7-15(2)19(17,18)13-9-12(10-14-11-13)6-4-5-8-16/h9-11,16H,3,5,7-8H2,1-2H3. The molecular formula is C13H18N2O3S. The van der Waals surface area contributed by atoms with Crippen LogP contribution in [0, 0.1) is 11.8 Å². The molecule has 0 aliphatic rings. The number of rotatable bonds is 5. The van der Waals surface area contributed by atoms with E-state index in [0.29, 0.717) is 18.5 Å².